The van der Waals surface area contributed by atoms with E-state index in [1.54, 1.807) is 28.9 Å². The molecule has 3 aromatic rings. The molecule has 6 heteroatoms. The third-order valence-electron chi connectivity index (χ3n) is 3.33. The molecule has 3 nitrogen and oxygen atoms in total. The maximum Gasteiger partial charge on any atom is 0.416 e. The summed E-state index contributed by atoms with van der Waals surface area (Å²) in [5.74, 6) is 0. The topological polar surface area (TPSA) is 34.4 Å². The van der Waals surface area contributed by atoms with Crippen LogP contribution in [-0.2, 0) is 12.6 Å². The van der Waals surface area contributed by atoms with E-state index in [9.17, 15) is 18.0 Å². The minimum absolute atomic E-state index is 0.427. The van der Waals surface area contributed by atoms with Crippen molar-refractivity contribution in [1.82, 2.24) is 9.38 Å². The number of halogens is 3. The number of nitrogens with zero attached hydrogens (tertiary/aromatic N) is 2. The molecule has 0 atom stereocenters. The van der Waals surface area contributed by atoms with Gasteiger partial charge in [-0.2, -0.15) is 13.2 Å². The van der Waals surface area contributed by atoms with E-state index in [2.05, 4.69) is 4.98 Å². The second-order valence-electron chi connectivity index (χ2n) is 4.95. The third-order valence-corrected chi connectivity index (χ3v) is 3.33. The van der Waals surface area contributed by atoms with Crippen molar-refractivity contribution in [1.29, 1.82) is 0 Å². The monoisotopic (exact) mass is 304 g/mol. The molecule has 0 aliphatic rings. The number of benzene rings is 1. The molecule has 0 radical (unpaired) electrons. The van der Waals surface area contributed by atoms with Crippen LogP contribution in [0.25, 0.3) is 5.65 Å². The largest absolute Gasteiger partial charge is 0.416 e. The molecule has 0 spiro atoms. The normalized spacial score (nSPS) is 11.8. The fraction of sp³-hybridized carbons (Fsp3) is 0.125. The molecule has 0 saturated heterocycles. The summed E-state index contributed by atoms with van der Waals surface area (Å²) >= 11 is 0. The van der Waals surface area contributed by atoms with Crippen LogP contribution in [0.1, 0.15) is 27.2 Å². The molecular weight excluding hydrogens is 293 g/mol. The van der Waals surface area contributed by atoms with E-state index in [-0.39, 0.29) is 0 Å². The molecule has 2 heterocycles. The van der Waals surface area contributed by atoms with Gasteiger partial charge in [-0.05, 0) is 29.8 Å². The number of aldehydes is 1. The van der Waals surface area contributed by atoms with E-state index in [4.69, 9.17) is 0 Å². The number of hydrogen-bond donors (Lipinski definition) is 0. The zero-order valence-electron chi connectivity index (χ0n) is 11.3. The Morgan fingerprint density at radius 3 is 2.41 bits per heavy atom. The van der Waals surface area contributed by atoms with Gasteiger partial charge < -0.3 is 4.40 Å². The lowest BCUT2D eigenvalue weighted by Gasteiger charge is -2.06. The second-order valence-corrected chi connectivity index (χ2v) is 4.95. The summed E-state index contributed by atoms with van der Waals surface area (Å²) in [6.45, 7) is 0. The van der Waals surface area contributed by atoms with Crippen LogP contribution in [0.15, 0.2) is 48.8 Å². The van der Waals surface area contributed by atoms with E-state index < -0.39 is 11.7 Å². The average molecular weight is 304 g/mol. The molecule has 0 aliphatic carbocycles. The SMILES string of the molecule is O=Cc1ccc2nc(Cc3ccc(C(F)(F)F)cc3)cn2c1. The van der Waals surface area contributed by atoms with Crippen molar-refractivity contribution in [3.8, 4) is 0 Å². The number of hydrogen-bond acceptors (Lipinski definition) is 2. The lowest BCUT2D eigenvalue weighted by atomic mass is 10.1. The first kappa shape index (κ1) is 14.3. The molecule has 2 aromatic heterocycles. The van der Waals surface area contributed by atoms with Crippen LogP contribution in [0.5, 0.6) is 0 Å². The zero-order valence-corrected chi connectivity index (χ0v) is 11.3. The quantitative estimate of drug-likeness (QED) is 0.691. The summed E-state index contributed by atoms with van der Waals surface area (Å²) in [5.41, 5.74) is 2.02. The van der Waals surface area contributed by atoms with Crippen LogP contribution in [0.4, 0.5) is 13.2 Å². The Morgan fingerprint density at radius 1 is 1.05 bits per heavy atom. The van der Waals surface area contributed by atoms with Crippen molar-refractivity contribution in [3.63, 3.8) is 0 Å². The van der Waals surface area contributed by atoms with Gasteiger partial charge in [0.05, 0.1) is 11.3 Å². The molecule has 0 N–H and O–H groups in total. The summed E-state index contributed by atoms with van der Waals surface area (Å²) in [5, 5.41) is 0. The second kappa shape index (κ2) is 5.29. The molecule has 0 amide bonds. The van der Waals surface area contributed by atoms with Crippen LogP contribution < -0.4 is 0 Å². The Bertz CT molecular complexity index is 820. The van der Waals surface area contributed by atoms with Gasteiger partial charge in [0.15, 0.2) is 6.29 Å². The predicted octanol–water partition coefficient (Wildman–Crippen LogP) is 3.76. The van der Waals surface area contributed by atoms with Crippen LogP contribution in [-0.4, -0.2) is 15.7 Å². The minimum atomic E-state index is -4.33. The van der Waals surface area contributed by atoms with Gasteiger partial charge in [-0.3, -0.25) is 4.79 Å². The maximum absolute atomic E-state index is 12.5. The Labute approximate surface area is 124 Å². The van der Waals surface area contributed by atoms with Crippen LogP contribution in [0, 0.1) is 0 Å². The number of alkyl halides is 3. The summed E-state index contributed by atoms with van der Waals surface area (Å²) in [4.78, 5) is 15.1. The number of imidazole rings is 1. The highest BCUT2D eigenvalue weighted by molar-refractivity contribution is 5.74. The molecule has 0 saturated carbocycles. The van der Waals surface area contributed by atoms with Crippen LogP contribution in [0.3, 0.4) is 0 Å². The van der Waals surface area contributed by atoms with Gasteiger partial charge in [-0.1, -0.05) is 12.1 Å². The van der Waals surface area contributed by atoms with Crippen molar-refractivity contribution in [2.75, 3.05) is 0 Å². The number of aromatic nitrogens is 2. The van der Waals surface area contributed by atoms with Gasteiger partial charge >= 0.3 is 6.18 Å². The van der Waals surface area contributed by atoms with Crippen molar-refractivity contribution < 1.29 is 18.0 Å². The van der Waals surface area contributed by atoms with Crippen molar-refractivity contribution in [3.05, 3.63) is 71.2 Å². The van der Waals surface area contributed by atoms with Gasteiger partial charge in [0, 0.05) is 24.4 Å². The molecule has 3 rings (SSSR count). The maximum atomic E-state index is 12.5. The van der Waals surface area contributed by atoms with E-state index >= 15 is 0 Å². The molecule has 0 bridgehead atoms. The summed E-state index contributed by atoms with van der Waals surface area (Å²) in [6.07, 6.45) is 0.268. The van der Waals surface area contributed by atoms with Crippen molar-refractivity contribution in [2.45, 2.75) is 12.6 Å². The van der Waals surface area contributed by atoms with Crippen LogP contribution >= 0.6 is 0 Å². The molecule has 0 fully saturated rings. The smallest absolute Gasteiger partial charge is 0.306 e. The molecule has 0 aliphatic heterocycles. The Hall–Kier alpha value is -2.63. The fourth-order valence-electron chi connectivity index (χ4n) is 2.24. The Balaban J connectivity index is 1.85. The molecule has 1 aromatic carbocycles. The van der Waals surface area contributed by atoms with Crippen molar-refractivity contribution in [2.24, 2.45) is 0 Å². The lowest BCUT2D eigenvalue weighted by Crippen LogP contribution is -2.04. The summed E-state index contributed by atoms with van der Waals surface area (Å²) in [7, 11) is 0. The highest BCUT2D eigenvalue weighted by atomic mass is 19.4. The average Bonchev–Trinajstić information content (AvgIpc) is 2.88. The summed E-state index contributed by atoms with van der Waals surface area (Å²) < 4.78 is 39.3. The van der Waals surface area contributed by atoms with Gasteiger partial charge in [0.2, 0.25) is 0 Å². The first-order chi connectivity index (χ1) is 10.5. The highest BCUT2D eigenvalue weighted by Crippen LogP contribution is 2.29. The lowest BCUT2D eigenvalue weighted by molar-refractivity contribution is -0.137. The number of carbonyl (C=O) groups is 1. The van der Waals surface area contributed by atoms with Crippen molar-refractivity contribution >= 4 is 11.9 Å². The van der Waals surface area contributed by atoms with E-state index in [1.165, 1.54) is 12.1 Å². The van der Waals surface area contributed by atoms with Crippen LogP contribution in [0.2, 0.25) is 0 Å². The first-order valence-corrected chi connectivity index (χ1v) is 6.55. The fourth-order valence-corrected chi connectivity index (χ4v) is 2.24. The number of rotatable bonds is 3. The van der Waals surface area contributed by atoms with E-state index in [1.807, 2.05) is 0 Å². The van der Waals surface area contributed by atoms with Gasteiger partial charge in [0.1, 0.15) is 5.65 Å². The standard InChI is InChI=1S/C16H11F3N2O/c17-16(18,19)13-4-1-11(2-5-13)7-14-9-21-8-12(10-22)3-6-15(21)20-14/h1-6,8-10H,7H2. The highest BCUT2D eigenvalue weighted by Gasteiger charge is 2.29. The van der Waals surface area contributed by atoms with E-state index in [0.717, 1.165) is 29.7 Å². The zero-order chi connectivity index (χ0) is 15.7. The number of carbonyl (C=O) groups excluding carboxylic acids is 1. The summed E-state index contributed by atoms with van der Waals surface area (Å²) in [6, 6.07) is 8.41. The molecule has 0 unspecified atom stereocenters. The number of pyridine rings is 1. The molecular formula is C16H11F3N2O. The third kappa shape index (κ3) is 2.86. The number of fused-ring (bicyclic) bond motifs is 1. The minimum Gasteiger partial charge on any atom is -0.306 e. The molecule has 112 valence electrons. The Morgan fingerprint density at radius 2 is 1.77 bits per heavy atom. The van der Waals surface area contributed by atoms with E-state index in [0.29, 0.717) is 17.6 Å². The van der Waals surface area contributed by atoms with Gasteiger partial charge in [-0.15, -0.1) is 0 Å². The predicted molar refractivity (Wildman–Crippen MR) is 74.8 cm³/mol. The molecule has 22 heavy (non-hydrogen) atoms. The van der Waals surface area contributed by atoms with Gasteiger partial charge in [-0.25, -0.2) is 4.98 Å². The first-order valence-electron chi connectivity index (χ1n) is 6.55. The Kier molecular flexibility index (Phi) is 3.44. The van der Waals surface area contributed by atoms with Gasteiger partial charge in [0.25, 0.3) is 0 Å².